The van der Waals surface area contributed by atoms with Gasteiger partial charge in [-0.3, -0.25) is 10.1 Å². The largest absolute Gasteiger partial charge is 0.366 e. The summed E-state index contributed by atoms with van der Waals surface area (Å²) in [5.74, 6) is 0.495. The number of aryl methyl sites for hydroxylation is 1. The highest BCUT2D eigenvalue weighted by molar-refractivity contribution is 5.49. The van der Waals surface area contributed by atoms with E-state index >= 15 is 0 Å². The van der Waals surface area contributed by atoms with Gasteiger partial charge in [-0.25, -0.2) is 4.98 Å². The van der Waals surface area contributed by atoms with Crippen molar-refractivity contribution in [2.45, 2.75) is 26.3 Å². The number of nitrogens with zero attached hydrogens (tertiary/aromatic N) is 2. The molecule has 88 valence electrons. The number of hydrogen-bond acceptors (Lipinski definition) is 5. The molecule has 0 aliphatic rings. The maximum absolute atomic E-state index is 10.7. The fraction of sp³-hybridized carbons (Fsp3) is 0.500. The summed E-state index contributed by atoms with van der Waals surface area (Å²) in [6.07, 6.45) is 2.34. The summed E-state index contributed by atoms with van der Waals surface area (Å²) in [5, 5.41) is 13.8. The Bertz CT molecular complexity index is 377. The van der Waals surface area contributed by atoms with E-state index in [1.807, 2.05) is 6.92 Å². The van der Waals surface area contributed by atoms with Crippen LogP contribution in [0, 0.1) is 17.0 Å². The first kappa shape index (κ1) is 12.4. The van der Waals surface area contributed by atoms with Crippen molar-refractivity contribution >= 4 is 11.5 Å². The first-order chi connectivity index (χ1) is 7.58. The minimum absolute atomic E-state index is 0.0735. The molecule has 0 radical (unpaired) electrons. The molecule has 1 heterocycles. The van der Waals surface area contributed by atoms with Gasteiger partial charge in [-0.2, -0.15) is 0 Å². The van der Waals surface area contributed by atoms with Gasteiger partial charge in [0.1, 0.15) is 5.82 Å². The van der Waals surface area contributed by atoms with Gasteiger partial charge >= 0.3 is 0 Å². The van der Waals surface area contributed by atoms with Gasteiger partial charge in [-0.05, 0) is 13.3 Å². The maximum atomic E-state index is 10.7. The second-order valence-electron chi connectivity index (χ2n) is 3.60. The summed E-state index contributed by atoms with van der Waals surface area (Å²) in [6.45, 7) is 4.13. The smallest absolute Gasteiger partial charge is 0.277 e. The summed E-state index contributed by atoms with van der Waals surface area (Å²) in [7, 11) is 0. The molecule has 1 unspecified atom stereocenters. The lowest BCUT2D eigenvalue weighted by molar-refractivity contribution is -0.385. The number of nitrogens with two attached hydrogens (primary N) is 1. The maximum Gasteiger partial charge on any atom is 0.277 e. The molecule has 0 spiro atoms. The fourth-order valence-electron chi connectivity index (χ4n) is 1.33. The van der Waals surface area contributed by atoms with Crippen molar-refractivity contribution in [2.24, 2.45) is 5.73 Å². The Hall–Kier alpha value is -1.69. The van der Waals surface area contributed by atoms with Crippen LogP contribution in [0.1, 0.15) is 18.9 Å². The second-order valence-corrected chi connectivity index (χ2v) is 3.60. The van der Waals surface area contributed by atoms with Gasteiger partial charge in [0, 0.05) is 24.3 Å². The van der Waals surface area contributed by atoms with Crippen LogP contribution in [0.3, 0.4) is 0 Å². The van der Waals surface area contributed by atoms with Crippen molar-refractivity contribution in [1.29, 1.82) is 0 Å². The summed E-state index contributed by atoms with van der Waals surface area (Å²) in [4.78, 5) is 14.4. The van der Waals surface area contributed by atoms with Crippen LogP contribution in [0.2, 0.25) is 0 Å². The van der Waals surface area contributed by atoms with E-state index in [1.165, 1.54) is 12.3 Å². The molecule has 0 aromatic carbocycles. The van der Waals surface area contributed by atoms with Crippen LogP contribution >= 0.6 is 0 Å². The van der Waals surface area contributed by atoms with Gasteiger partial charge in [0.05, 0.1) is 11.0 Å². The average Bonchev–Trinajstić information content (AvgIpc) is 2.27. The molecule has 0 saturated heterocycles. The molecular weight excluding hydrogens is 208 g/mol. The fourth-order valence-corrected chi connectivity index (χ4v) is 1.33. The van der Waals surface area contributed by atoms with Crippen molar-refractivity contribution in [1.82, 2.24) is 4.98 Å². The van der Waals surface area contributed by atoms with Gasteiger partial charge in [-0.15, -0.1) is 0 Å². The molecule has 6 heteroatoms. The lowest BCUT2D eigenvalue weighted by Gasteiger charge is -2.14. The molecule has 16 heavy (non-hydrogen) atoms. The zero-order chi connectivity index (χ0) is 12.1. The number of pyridine rings is 1. The molecule has 0 fully saturated rings. The van der Waals surface area contributed by atoms with Crippen molar-refractivity contribution in [3.63, 3.8) is 0 Å². The van der Waals surface area contributed by atoms with Gasteiger partial charge in [0.2, 0.25) is 0 Å². The van der Waals surface area contributed by atoms with Crippen molar-refractivity contribution < 1.29 is 4.92 Å². The lowest BCUT2D eigenvalue weighted by Crippen LogP contribution is -2.28. The Morgan fingerprint density at radius 3 is 2.88 bits per heavy atom. The van der Waals surface area contributed by atoms with Gasteiger partial charge in [-0.1, -0.05) is 6.92 Å². The third-order valence-corrected chi connectivity index (χ3v) is 2.40. The quantitative estimate of drug-likeness (QED) is 0.583. The first-order valence-corrected chi connectivity index (χ1v) is 5.16. The number of nitrogens with one attached hydrogen (secondary N) is 1. The van der Waals surface area contributed by atoms with E-state index in [0.29, 0.717) is 17.9 Å². The van der Waals surface area contributed by atoms with Crippen LogP contribution in [-0.4, -0.2) is 22.5 Å². The Balaban J connectivity index is 2.90. The molecule has 1 aromatic heterocycles. The topological polar surface area (TPSA) is 94.1 Å². The molecule has 1 atom stereocenters. The van der Waals surface area contributed by atoms with Crippen molar-refractivity contribution in [2.75, 3.05) is 11.9 Å². The van der Waals surface area contributed by atoms with Crippen molar-refractivity contribution in [3.8, 4) is 0 Å². The monoisotopic (exact) mass is 224 g/mol. The summed E-state index contributed by atoms with van der Waals surface area (Å²) < 4.78 is 0. The number of anilines is 1. The molecule has 0 amide bonds. The predicted octanol–water partition coefficient (Wildman–Crippen LogP) is 1.45. The third-order valence-electron chi connectivity index (χ3n) is 2.40. The van der Waals surface area contributed by atoms with E-state index < -0.39 is 4.92 Å². The van der Waals surface area contributed by atoms with Gasteiger partial charge in [0.25, 0.3) is 5.69 Å². The minimum atomic E-state index is -0.411. The van der Waals surface area contributed by atoms with Crippen molar-refractivity contribution in [3.05, 3.63) is 27.9 Å². The molecule has 0 aliphatic heterocycles. The Morgan fingerprint density at radius 2 is 2.38 bits per heavy atom. The summed E-state index contributed by atoms with van der Waals surface area (Å²) in [5.41, 5.74) is 6.16. The Morgan fingerprint density at radius 1 is 1.69 bits per heavy atom. The van der Waals surface area contributed by atoms with E-state index in [4.69, 9.17) is 5.73 Å². The lowest BCUT2D eigenvalue weighted by atomic mass is 10.2. The van der Waals surface area contributed by atoms with E-state index in [2.05, 4.69) is 10.3 Å². The van der Waals surface area contributed by atoms with Gasteiger partial charge < -0.3 is 11.1 Å². The number of rotatable bonds is 5. The van der Waals surface area contributed by atoms with E-state index in [9.17, 15) is 10.1 Å². The molecule has 0 bridgehead atoms. The van der Waals surface area contributed by atoms with Crippen LogP contribution < -0.4 is 11.1 Å². The average molecular weight is 224 g/mol. The zero-order valence-electron chi connectivity index (χ0n) is 9.43. The van der Waals surface area contributed by atoms with E-state index in [-0.39, 0.29) is 11.7 Å². The zero-order valence-corrected chi connectivity index (χ0v) is 9.43. The highest BCUT2D eigenvalue weighted by Crippen LogP contribution is 2.20. The van der Waals surface area contributed by atoms with Crippen LogP contribution in [-0.2, 0) is 0 Å². The number of hydrogen-bond donors (Lipinski definition) is 2. The molecular formula is C10H16N4O2. The summed E-state index contributed by atoms with van der Waals surface area (Å²) in [6, 6.07) is 1.53. The first-order valence-electron chi connectivity index (χ1n) is 5.16. The highest BCUT2D eigenvalue weighted by Gasteiger charge is 2.13. The molecule has 3 N–H and O–H groups in total. The minimum Gasteiger partial charge on any atom is -0.366 e. The van der Waals surface area contributed by atoms with Crippen LogP contribution in [0.5, 0.6) is 0 Å². The molecule has 0 saturated carbocycles. The second kappa shape index (κ2) is 5.41. The SMILES string of the molecule is CCC(CN)Nc1cc([N+](=O)[O-])c(C)cn1. The van der Waals surface area contributed by atoms with Gasteiger partial charge in [0.15, 0.2) is 0 Å². The standard InChI is InChI=1S/C10H16N4O2/c1-3-8(5-11)13-10-4-9(14(15)16)7(2)6-12-10/h4,6,8H,3,5,11H2,1-2H3,(H,12,13). The Kier molecular flexibility index (Phi) is 4.19. The molecule has 1 rings (SSSR count). The predicted molar refractivity (Wildman–Crippen MR) is 62.4 cm³/mol. The van der Waals surface area contributed by atoms with Crippen LogP contribution in [0.4, 0.5) is 11.5 Å². The van der Waals surface area contributed by atoms with E-state index in [0.717, 1.165) is 6.42 Å². The third kappa shape index (κ3) is 2.90. The summed E-state index contributed by atoms with van der Waals surface area (Å²) >= 11 is 0. The van der Waals surface area contributed by atoms with Crippen LogP contribution in [0.25, 0.3) is 0 Å². The van der Waals surface area contributed by atoms with Crippen LogP contribution in [0.15, 0.2) is 12.3 Å². The number of aromatic nitrogens is 1. The van der Waals surface area contributed by atoms with E-state index in [1.54, 1.807) is 6.92 Å². The molecule has 1 aromatic rings. The molecule has 0 aliphatic carbocycles. The highest BCUT2D eigenvalue weighted by atomic mass is 16.6. The Labute approximate surface area is 94.0 Å². The molecule has 6 nitrogen and oxygen atoms in total. The number of nitro groups is 1. The normalized spacial score (nSPS) is 12.2.